The van der Waals surface area contributed by atoms with Crippen LogP contribution in [0.1, 0.15) is 0 Å². The van der Waals surface area contributed by atoms with Gasteiger partial charge in [-0.3, -0.25) is 4.90 Å². The molecule has 142 valence electrons. The average molecular weight is 387 g/mol. The van der Waals surface area contributed by atoms with Gasteiger partial charge >= 0.3 is 12.2 Å². The third kappa shape index (κ3) is 3.95. The van der Waals surface area contributed by atoms with Crippen molar-refractivity contribution in [2.75, 3.05) is 54.6 Å². The van der Waals surface area contributed by atoms with Crippen molar-refractivity contribution in [2.45, 2.75) is 6.10 Å². The number of alkyl carbamates (subject to hydrolysis) is 1. The molecule has 0 aliphatic carbocycles. The lowest BCUT2D eigenvalue weighted by atomic mass is 10.2. The number of carbonyl (C=O) groups excluding carboxylic acids is 2. The van der Waals surface area contributed by atoms with Gasteiger partial charge in [-0.25, -0.2) is 18.4 Å². The highest BCUT2D eigenvalue weighted by Gasteiger charge is 2.34. The molecule has 1 atom stereocenters. The molecular weight excluding hydrogens is 368 g/mol. The Bertz CT molecular complexity index is 677. The summed E-state index contributed by atoms with van der Waals surface area (Å²) in [5.41, 5.74) is 0.0197. The first kappa shape index (κ1) is 18.6. The van der Waals surface area contributed by atoms with Gasteiger partial charge in [0.25, 0.3) is 0 Å². The number of rotatable bonds is 4. The van der Waals surface area contributed by atoms with Crippen LogP contribution in [0.25, 0.3) is 0 Å². The van der Waals surface area contributed by atoms with Crippen LogP contribution in [0.3, 0.4) is 0 Å². The molecule has 0 spiro atoms. The zero-order valence-electron chi connectivity index (χ0n) is 14.2. The highest BCUT2D eigenvalue weighted by molar-refractivity contribution is 7.99. The van der Waals surface area contributed by atoms with Crippen molar-refractivity contribution in [3.63, 3.8) is 0 Å². The van der Waals surface area contributed by atoms with Crippen molar-refractivity contribution in [1.29, 1.82) is 0 Å². The lowest BCUT2D eigenvalue weighted by Crippen LogP contribution is -2.35. The van der Waals surface area contributed by atoms with Crippen molar-refractivity contribution in [2.24, 2.45) is 0 Å². The number of thioether (sulfide) groups is 1. The minimum absolute atomic E-state index is 0.0450. The van der Waals surface area contributed by atoms with Crippen molar-refractivity contribution in [3.8, 4) is 0 Å². The van der Waals surface area contributed by atoms with E-state index in [1.165, 1.54) is 7.11 Å². The molecule has 2 aliphatic rings. The van der Waals surface area contributed by atoms with Gasteiger partial charge in [0.15, 0.2) is 11.6 Å². The molecule has 2 saturated heterocycles. The van der Waals surface area contributed by atoms with Crippen molar-refractivity contribution >= 4 is 35.3 Å². The Morgan fingerprint density at radius 1 is 1.35 bits per heavy atom. The molecule has 1 unspecified atom stereocenters. The predicted molar refractivity (Wildman–Crippen MR) is 93.9 cm³/mol. The Morgan fingerprint density at radius 3 is 2.62 bits per heavy atom. The number of nitrogens with one attached hydrogen (secondary N) is 1. The third-order valence-electron chi connectivity index (χ3n) is 4.17. The Kier molecular flexibility index (Phi) is 5.70. The van der Waals surface area contributed by atoms with E-state index < -0.39 is 29.9 Å². The monoisotopic (exact) mass is 387 g/mol. The fourth-order valence-corrected chi connectivity index (χ4v) is 3.81. The number of hydrogen-bond donors (Lipinski definition) is 1. The minimum atomic E-state index is -0.720. The first-order valence-corrected chi connectivity index (χ1v) is 9.26. The van der Waals surface area contributed by atoms with Crippen LogP contribution in [-0.4, -0.2) is 63.1 Å². The molecule has 2 amide bonds. The maximum absolute atomic E-state index is 14.5. The van der Waals surface area contributed by atoms with Crippen molar-refractivity contribution in [1.82, 2.24) is 5.32 Å². The molecule has 0 radical (unpaired) electrons. The van der Waals surface area contributed by atoms with E-state index in [0.29, 0.717) is 13.1 Å². The van der Waals surface area contributed by atoms with Crippen LogP contribution in [0.4, 0.5) is 29.7 Å². The molecule has 1 aromatic carbocycles. The number of anilines is 2. The number of methoxy groups -OCH3 is 1. The summed E-state index contributed by atoms with van der Waals surface area (Å²) in [5.74, 6) is 0.203. The molecule has 1 aromatic rings. The van der Waals surface area contributed by atoms with Gasteiger partial charge in [0.2, 0.25) is 0 Å². The summed E-state index contributed by atoms with van der Waals surface area (Å²) in [4.78, 5) is 25.9. The fraction of sp³-hybridized carbons (Fsp3) is 0.500. The summed E-state index contributed by atoms with van der Waals surface area (Å²) in [6, 6.07) is 2.27. The van der Waals surface area contributed by atoms with Gasteiger partial charge in [-0.05, 0) is 0 Å². The van der Waals surface area contributed by atoms with Crippen LogP contribution in [-0.2, 0) is 9.47 Å². The number of hydrogen-bond acceptors (Lipinski definition) is 6. The van der Waals surface area contributed by atoms with Gasteiger partial charge < -0.3 is 19.7 Å². The quantitative estimate of drug-likeness (QED) is 0.854. The number of halogens is 2. The third-order valence-corrected chi connectivity index (χ3v) is 5.12. The number of nitrogens with zero attached hydrogens (tertiary/aromatic N) is 2. The first-order valence-electron chi connectivity index (χ1n) is 8.11. The second-order valence-corrected chi connectivity index (χ2v) is 7.07. The normalized spacial score (nSPS) is 20.1. The van der Waals surface area contributed by atoms with Gasteiger partial charge in [-0.15, -0.1) is 0 Å². The maximum Gasteiger partial charge on any atom is 0.414 e. The molecule has 2 heterocycles. The first-order chi connectivity index (χ1) is 12.5. The van der Waals surface area contributed by atoms with E-state index in [1.807, 2.05) is 0 Å². The van der Waals surface area contributed by atoms with Crippen LogP contribution >= 0.6 is 11.8 Å². The molecule has 0 aromatic heterocycles. The molecule has 26 heavy (non-hydrogen) atoms. The molecule has 2 fully saturated rings. The fourth-order valence-electron chi connectivity index (χ4n) is 2.91. The van der Waals surface area contributed by atoms with Crippen LogP contribution < -0.4 is 15.1 Å². The summed E-state index contributed by atoms with van der Waals surface area (Å²) >= 11 is 1.74. The van der Waals surface area contributed by atoms with E-state index in [1.54, 1.807) is 16.7 Å². The van der Waals surface area contributed by atoms with E-state index in [2.05, 4.69) is 10.1 Å². The zero-order chi connectivity index (χ0) is 18.7. The highest BCUT2D eigenvalue weighted by atomic mass is 32.2. The Hall–Kier alpha value is -2.23. The maximum atomic E-state index is 14.5. The molecule has 3 rings (SSSR count). The molecular formula is C16H19F2N3O4S. The number of benzene rings is 1. The number of carbonyl (C=O) groups is 2. The summed E-state index contributed by atoms with van der Waals surface area (Å²) in [6.45, 7) is 1.26. The molecule has 10 heteroatoms. The number of ether oxygens (including phenoxy) is 2. The van der Waals surface area contributed by atoms with E-state index in [-0.39, 0.29) is 24.5 Å². The van der Waals surface area contributed by atoms with Crippen molar-refractivity contribution < 1.29 is 27.8 Å². The number of cyclic esters (lactones) is 1. The molecule has 0 saturated carbocycles. The summed E-state index contributed by atoms with van der Waals surface area (Å²) < 4.78 is 38.6. The Balaban J connectivity index is 1.73. The lowest BCUT2D eigenvalue weighted by Gasteiger charge is -2.29. The topological polar surface area (TPSA) is 71.1 Å². The SMILES string of the molecule is COC(=O)NCC1CN(c2cc(F)c(N3CCSCC3)c(F)c2)C(=O)O1. The van der Waals surface area contributed by atoms with E-state index in [9.17, 15) is 18.4 Å². The Labute approximate surface area is 153 Å². The largest absolute Gasteiger partial charge is 0.453 e. The van der Waals surface area contributed by atoms with Crippen LogP contribution in [0.2, 0.25) is 0 Å². The van der Waals surface area contributed by atoms with Crippen LogP contribution in [0, 0.1) is 11.6 Å². The van der Waals surface area contributed by atoms with Crippen molar-refractivity contribution in [3.05, 3.63) is 23.8 Å². The second-order valence-electron chi connectivity index (χ2n) is 5.85. The summed E-state index contributed by atoms with van der Waals surface area (Å²) in [5, 5.41) is 2.42. The predicted octanol–water partition coefficient (Wildman–Crippen LogP) is 2.20. The van der Waals surface area contributed by atoms with Gasteiger partial charge in [-0.2, -0.15) is 11.8 Å². The second kappa shape index (κ2) is 7.98. The Morgan fingerprint density at radius 2 is 2.00 bits per heavy atom. The smallest absolute Gasteiger partial charge is 0.414 e. The molecule has 1 N–H and O–H groups in total. The van der Waals surface area contributed by atoms with E-state index >= 15 is 0 Å². The highest BCUT2D eigenvalue weighted by Crippen LogP contribution is 2.32. The summed E-state index contributed by atoms with van der Waals surface area (Å²) in [7, 11) is 1.22. The molecule has 0 bridgehead atoms. The van der Waals surface area contributed by atoms with E-state index in [4.69, 9.17) is 4.74 Å². The van der Waals surface area contributed by atoms with Crippen LogP contribution in [0.5, 0.6) is 0 Å². The van der Waals surface area contributed by atoms with Gasteiger partial charge in [0.05, 0.1) is 25.9 Å². The number of amides is 2. The van der Waals surface area contributed by atoms with E-state index in [0.717, 1.165) is 28.5 Å². The minimum Gasteiger partial charge on any atom is -0.453 e. The molecule has 7 nitrogen and oxygen atoms in total. The zero-order valence-corrected chi connectivity index (χ0v) is 15.0. The van der Waals surface area contributed by atoms with Gasteiger partial charge in [-0.1, -0.05) is 0 Å². The van der Waals surface area contributed by atoms with Gasteiger partial charge in [0.1, 0.15) is 11.8 Å². The summed E-state index contributed by atoms with van der Waals surface area (Å²) in [6.07, 6.45) is -2.00. The lowest BCUT2D eigenvalue weighted by molar-refractivity contribution is 0.132. The van der Waals surface area contributed by atoms with Crippen LogP contribution in [0.15, 0.2) is 12.1 Å². The standard InChI is InChI=1S/C16H19F2N3O4S/c1-24-15(22)19-8-11-9-21(16(23)25-11)10-6-12(17)14(13(18)7-10)20-2-4-26-5-3-20/h6-7,11H,2-5,8-9H2,1H3,(H,19,22). The van der Waals surface area contributed by atoms with Gasteiger partial charge in [0, 0.05) is 36.7 Å². The average Bonchev–Trinajstić information content (AvgIpc) is 3.00. The molecule has 2 aliphatic heterocycles.